The van der Waals surface area contributed by atoms with Gasteiger partial charge in [-0.25, -0.2) is 9.97 Å². The standard InChI is InChI=1S/C18H23N3O3/c1-18(2,3)17-13(9-19-12-21-17)10-20-16(22)11-24-15-8-6-5-7-14(15)23-4/h5-9,12H,10-11H2,1-4H3,(H,20,22). The lowest BCUT2D eigenvalue weighted by Gasteiger charge is -2.21. The molecule has 0 aliphatic heterocycles. The number of carbonyl (C=O) groups is 1. The number of methoxy groups -OCH3 is 1. The summed E-state index contributed by atoms with van der Waals surface area (Å²) in [5.74, 6) is 0.912. The lowest BCUT2D eigenvalue weighted by molar-refractivity contribution is -0.123. The maximum atomic E-state index is 12.0. The van der Waals surface area contributed by atoms with E-state index in [9.17, 15) is 4.79 Å². The van der Waals surface area contributed by atoms with Crippen LogP contribution < -0.4 is 14.8 Å². The maximum absolute atomic E-state index is 12.0. The molecule has 0 saturated carbocycles. The summed E-state index contributed by atoms with van der Waals surface area (Å²) in [5.41, 5.74) is 1.70. The van der Waals surface area contributed by atoms with Crippen LogP contribution in [-0.4, -0.2) is 29.6 Å². The molecule has 6 nitrogen and oxygen atoms in total. The fourth-order valence-corrected chi connectivity index (χ4v) is 2.29. The Morgan fingerprint density at radius 2 is 1.92 bits per heavy atom. The number of hydrogen-bond acceptors (Lipinski definition) is 5. The first kappa shape index (κ1) is 17.7. The van der Waals surface area contributed by atoms with Crippen LogP contribution >= 0.6 is 0 Å². The van der Waals surface area contributed by atoms with E-state index in [1.165, 1.54) is 6.33 Å². The molecule has 128 valence electrons. The van der Waals surface area contributed by atoms with Crippen LogP contribution in [0.4, 0.5) is 0 Å². The molecule has 6 heteroatoms. The van der Waals surface area contributed by atoms with Gasteiger partial charge >= 0.3 is 0 Å². The largest absolute Gasteiger partial charge is 0.493 e. The van der Waals surface area contributed by atoms with Crippen LogP contribution in [0.3, 0.4) is 0 Å². The van der Waals surface area contributed by atoms with Crippen LogP contribution in [0, 0.1) is 0 Å². The van der Waals surface area contributed by atoms with E-state index < -0.39 is 0 Å². The molecule has 0 atom stereocenters. The molecular weight excluding hydrogens is 306 g/mol. The van der Waals surface area contributed by atoms with Crippen molar-refractivity contribution < 1.29 is 14.3 Å². The zero-order valence-electron chi connectivity index (χ0n) is 14.5. The topological polar surface area (TPSA) is 73.3 Å². The number of hydrogen-bond donors (Lipinski definition) is 1. The van der Waals surface area contributed by atoms with Gasteiger partial charge in [0.05, 0.1) is 12.8 Å². The highest BCUT2D eigenvalue weighted by Gasteiger charge is 2.19. The lowest BCUT2D eigenvalue weighted by Crippen LogP contribution is -2.30. The maximum Gasteiger partial charge on any atom is 0.258 e. The van der Waals surface area contributed by atoms with Gasteiger partial charge in [-0.15, -0.1) is 0 Å². The molecule has 2 rings (SSSR count). The minimum absolute atomic E-state index is 0.0844. The molecule has 0 bridgehead atoms. The van der Waals surface area contributed by atoms with Gasteiger partial charge in [0, 0.05) is 23.7 Å². The third kappa shape index (κ3) is 4.68. The van der Waals surface area contributed by atoms with Crippen LogP contribution in [0.25, 0.3) is 0 Å². The number of ether oxygens (including phenoxy) is 2. The Morgan fingerprint density at radius 3 is 2.58 bits per heavy atom. The van der Waals surface area contributed by atoms with E-state index in [2.05, 4.69) is 36.1 Å². The number of nitrogens with one attached hydrogen (secondary N) is 1. The second-order valence-electron chi connectivity index (χ2n) is 6.36. The minimum atomic E-state index is -0.218. The van der Waals surface area contributed by atoms with Crippen molar-refractivity contribution in [2.24, 2.45) is 0 Å². The zero-order chi connectivity index (χ0) is 17.6. The highest BCUT2D eigenvalue weighted by molar-refractivity contribution is 5.77. The van der Waals surface area contributed by atoms with Gasteiger partial charge in [-0.2, -0.15) is 0 Å². The molecule has 0 spiro atoms. The third-order valence-corrected chi connectivity index (χ3v) is 3.40. The molecule has 1 amide bonds. The summed E-state index contributed by atoms with van der Waals surface area (Å²) in [5, 5.41) is 2.83. The molecule has 1 heterocycles. The smallest absolute Gasteiger partial charge is 0.258 e. The van der Waals surface area contributed by atoms with Gasteiger partial charge in [0.25, 0.3) is 5.91 Å². The minimum Gasteiger partial charge on any atom is -0.493 e. The molecule has 24 heavy (non-hydrogen) atoms. The van der Waals surface area contributed by atoms with Gasteiger partial charge in [0.15, 0.2) is 18.1 Å². The number of nitrogens with zero attached hydrogens (tertiary/aromatic N) is 2. The van der Waals surface area contributed by atoms with Crippen molar-refractivity contribution in [2.75, 3.05) is 13.7 Å². The highest BCUT2D eigenvalue weighted by Crippen LogP contribution is 2.25. The molecule has 1 aromatic carbocycles. The Bertz CT molecular complexity index is 696. The van der Waals surface area contributed by atoms with Crippen molar-refractivity contribution in [3.63, 3.8) is 0 Å². The van der Waals surface area contributed by atoms with Gasteiger partial charge in [0.2, 0.25) is 0 Å². The van der Waals surface area contributed by atoms with Crippen LogP contribution in [0.5, 0.6) is 11.5 Å². The summed E-state index contributed by atoms with van der Waals surface area (Å²) in [7, 11) is 1.56. The van der Waals surface area contributed by atoms with Crippen LogP contribution in [0.1, 0.15) is 32.0 Å². The summed E-state index contributed by atoms with van der Waals surface area (Å²) in [6, 6.07) is 7.21. The van der Waals surface area contributed by atoms with Gasteiger partial charge < -0.3 is 14.8 Å². The van der Waals surface area contributed by atoms with Crippen LogP contribution in [-0.2, 0) is 16.8 Å². The molecule has 1 aromatic heterocycles. The molecule has 0 aliphatic carbocycles. The molecule has 1 N–H and O–H groups in total. The second-order valence-corrected chi connectivity index (χ2v) is 6.36. The Labute approximate surface area is 142 Å². The SMILES string of the molecule is COc1ccccc1OCC(=O)NCc1cncnc1C(C)(C)C. The van der Waals surface area contributed by atoms with Crippen molar-refractivity contribution in [1.82, 2.24) is 15.3 Å². The number of para-hydroxylation sites is 2. The quantitative estimate of drug-likeness (QED) is 0.881. The van der Waals surface area contributed by atoms with E-state index in [0.29, 0.717) is 18.0 Å². The Kier molecular flexibility index (Phi) is 5.73. The van der Waals surface area contributed by atoms with Gasteiger partial charge in [-0.3, -0.25) is 4.79 Å². The van der Waals surface area contributed by atoms with Crippen LogP contribution in [0.2, 0.25) is 0 Å². The fourth-order valence-electron chi connectivity index (χ4n) is 2.29. The molecule has 0 radical (unpaired) electrons. The molecular formula is C18H23N3O3. The van der Waals surface area contributed by atoms with E-state index in [1.807, 2.05) is 12.1 Å². The lowest BCUT2D eigenvalue weighted by atomic mass is 9.89. The Balaban J connectivity index is 1.93. The molecule has 0 unspecified atom stereocenters. The van der Waals surface area contributed by atoms with Crippen LogP contribution in [0.15, 0.2) is 36.8 Å². The molecule has 0 fully saturated rings. The third-order valence-electron chi connectivity index (χ3n) is 3.40. The van der Waals surface area contributed by atoms with Crippen molar-refractivity contribution in [3.8, 4) is 11.5 Å². The average Bonchev–Trinajstić information content (AvgIpc) is 2.57. The molecule has 0 aliphatic rings. The summed E-state index contributed by atoms with van der Waals surface area (Å²) < 4.78 is 10.7. The summed E-state index contributed by atoms with van der Waals surface area (Å²) >= 11 is 0. The van der Waals surface area contributed by atoms with E-state index in [0.717, 1.165) is 11.3 Å². The van der Waals surface area contributed by atoms with Gasteiger partial charge in [-0.05, 0) is 12.1 Å². The summed E-state index contributed by atoms with van der Waals surface area (Å²) in [4.78, 5) is 20.4. The summed E-state index contributed by atoms with van der Waals surface area (Å²) in [6.07, 6.45) is 3.26. The number of amides is 1. The van der Waals surface area contributed by atoms with E-state index >= 15 is 0 Å². The monoisotopic (exact) mass is 329 g/mol. The van der Waals surface area contributed by atoms with Gasteiger partial charge in [-0.1, -0.05) is 32.9 Å². The van der Waals surface area contributed by atoms with Crippen molar-refractivity contribution in [2.45, 2.75) is 32.7 Å². The van der Waals surface area contributed by atoms with Crippen molar-refractivity contribution in [1.29, 1.82) is 0 Å². The van der Waals surface area contributed by atoms with E-state index in [1.54, 1.807) is 25.4 Å². The number of benzene rings is 1. The predicted octanol–water partition coefficient (Wildman–Crippen LogP) is 2.48. The molecule has 0 saturated heterocycles. The number of rotatable bonds is 6. The first-order valence-corrected chi connectivity index (χ1v) is 7.73. The van der Waals surface area contributed by atoms with Crippen molar-refractivity contribution in [3.05, 3.63) is 48.0 Å². The van der Waals surface area contributed by atoms with Crippen molar-refractivity contribution >= 4 is 5.91 Å². The van der Waals surface area contributed by atoms with E-state index in [4.69, 9.17) is 9.47 Å². The number of aromatic nitrogens is 2. The second kappa shape index (κ2) is 7.77. The fraction of sp³-hybridized carbons (Fsp3) is 0.389. The Hall–Kier alpha value is -2.63. The zero-order valence-corrected chi connectivity index (χ0v) is 14.5. The Morgan fingerprint density at radius 1 is 1.21 bits per heavy atom. The number of carbonyl (C=O) groups excluding carboxylic acids is 1. The first-order valence-electron chi connectivity index (χ1n) is 7.73. The predicted molar refractivity (Wildman–Crippen MR) is 91.1 cm³/mol. The van der Waals surface area contributed by atoms with E-state index in [-0.39, 0.29) is 17.9 Å². The normalized spacial score (nSPS) is 11.0. The van der Waals surface area contributed by atoms with Gasteiger partial charge in [0.1, 0.15) is 6.33 Å². The molecule has 2 aromatic rings. The highest BCUT2D eigenvalue weighted by atomic mass is 16.5. The average molecular weight is 329 g/mol. The first-order chi connectivity index (χ1) is 11.4. The summed E-state index contributed by atoms with van der Waals surface area (Å²) in [6.45, 7) is 6.50.